The lowest BCUT2D eigenvalue weighted by molar-refractivity contribution is -0.142. The van der Waals surface area contributed by atoms with Crippen LogP contribution in [0.1, 0.15) is 32.1 Å². The van der Waals surface area contributed by atoms with Crippen molar-refractivity contribution in [1.82, 2.24) is 0 Å². The normalized spacial score (nSPS) is 22.7. The number of hydrogen-bond donors (Lipinski definition) is 0. The van der Waals surface area contributed by atoms with Gasteiger partial charge in [-0.15, -0.1) is 0 Å². The molecule has 1 fully saturated rings. The second-order valence-corrected chi connectivity index (χ2v) is 4.64. The molecule has 0 unspecified atom stereocenters. The predicted molar refractivity (Wildman–Crippen MR) is 68.2 cm³/mol. The fraction of sp³-hybridized carbons (Fsp3) is 0.643. The Hall–Kier alpha value is -1.65. The van der Waals surface area contributed by atoms with Gasteiger partial charge in [-0.25, -0.2) is 0 Å². The Labute approximate surface area is 112 Å². The minimum Gasteiger partial charge on any atom is -0.469 e. The van der Waals surface area contributed by atoms with E-state index in [2.05, 4.69) is 9.47 Å². The first-order chi connectivity index (χ1) is 9.08. The van der Waals surface area contributed by atoms with Crippen LogP contribution in [-0.2, 0) is 23.9 Å². The van der Waals surface area contributed by atoms with Gasteiger partial charge in [0.2, 0.25) is 0 Å². The van der Waals surface area contributed by atoms with Crippen LogP contribution < -0.4 is 0 Å². The fourth-order valence-corrected chi connectivity index (χ4v) is 2.35. The van der Waals surface area contributed by atoms with E-state index in [0.29, 0.717) is 12.8 Å². The second-order valence-electron chi connectivity index (χ2n) is 4.64. The lowest BCUT2D eigenvalue weighted by Gasteiger charge is -2.15. The molecule has 5 heteroatoms. The molecule has 106 valence electrons. The van der Waals surface area contributed by atoms with Crippen LogP contribution in [0.3, 0.4) is 0 Å². The van der Waals surface area contributed by atoms with Gasteiger partial charge in [0.05, 0.1) is 20.6 Å². The fourth-order valence-electron chi connectivity index (χ4n) is 2.35. The standard InChI is InChI=1S/C14H20O5/c1-18-13(16)6-4-3-5-11-10(7-8-12(11)15)9-14(17)19-2/h3-4,10-11H,5-9H2,1-2H3/b4-3+/t10-,11-/m1/s1. The summed E-state index contributed by atoms with van der Waals surface area (Å²) in [6.45, 7) is 0. The van der Waals surface area contributed by atoms with Crippen molar-refractivity contribution >= 4 is 17.7 Å². The number of carbonyl (C=O) groups is 3. The molecule has 5 nitrogen and oxygen atoms in total. The van der Waals surface area contributed by atoms with E-state index in [0.717, 1.165) is 6.42 Å². The van der Waals surface area contributed by atoms with Crippen molar-refractivity contribution in [2.24, 2.45) is 11.8 Å². The molecule has 0 aliphatic heterocycles. The summed E-state index contributed by atoms with van der Waals surface area (Å²) < 4.78 is 9.15. The van der Waals surface area contributed by atoms with E-state index in [1.54, 1.807) is 6.08 Å². The zero-order valence-electron chi connectivity index (χ0n) is 11.4. The number of allylic oxidation sites excluding steroid dienone is 1. The number of ether oxygens (including phenoxy) is 2. The maximum atomic E-state index is 11.8. The van der Waals surface area contributed by atoms with Crippen molar-refractivity contribution in [3.8, 4) is 0 Å². The molecular weight excluding hydrogens is 248 g/mol. The number of esters is 2. The highest BCUT2D eigenvalue weighted by Gasteiger charge is 2.34. The van der Waals surface area contributed by atoms with E-state index in [4.69, 9.17) is 0 Å². The van der Waals surface area contributed by atoms with E-state index in [1.807, 2.05) is 6.08 Å². The first-order valence-electron chi connectivity index (χ1n) is 6.39. The van der Waals surface area contributed by atoms with E-state index >= 15 is 0 Å². The molecule has 1 aliphatic rings. The van der Waals surface area contributed by atoms with Crippen molar-refractivity contribution in [3.63, 3.8) is 0 Å². The minimum absolute atomic E-state index is 0.0581. The van der Waals surface area contributed by atoms with Crippen LogP contribution in [0.5, 0.6) is 0 Å². The SMILES string of the molecule is COC(=O)C/C=C/C[C@H]1C(=O)CC[C@@H]1CC(=O)OC. The van der Waals surface area contributed by atoms with Gasteiger partial charge in [0.25, 0.3) is 0 Å². The van der Waals surface area contributed by atoms with Crippen molar-refractivity contribution in [2.75, 3.05) is 14.2 Å². The van der Waals surface area contributed by atoms with Crippen molar-refractivity contribution in [2.45, 2.75) is 32.1 Å². The average molecular weight is 268 g/mol. The van der Waals surface area contributed by atoms with Crippen molar-refractivity contribution in [1.29, 1.82) is 0 Å². The Balaban J connectivity index is 2.46. The average Bonchev–Trinajstić information content (AvgIpc) is 2.75. The summed E-state index contributed by atoms with van der Waals surface area (Å²) in [5.41, 5.74) is 0. The van der Waals surface area contributed by atoms with Crippen molar-refractivity contribution < 1.29 is 23.9 Å². The molecule has 0 heterocycles. The molecular formula is C14H20O5. The first-order valence-corrected chi connectivity index (χ1v) is 6.39. The van der Waals surface area contributed by atoms with Gasteiger partial charge in [0, 0.05) is 18.8 Å². The molecule has 1 aliphatic carbocycles. The summed E-state index contributed by atoms with van der Waals surface area (Å²) >= 11 is 0. The Kier molecular flexibility index (Phi) is 6.25. The van der Waals surface area contributed by atoms with Crippen LogP contribution in [0, 0.1) is 11.8 Å². The molecule has 0 aromatic rings. The molecule has 2 atom stereocenters. The molecule has 0 N–H and O–H groups in total. The highest BCUT2D eigenvalue weighted by atomic mass is 16.5. The Morgan fingerprint density at radius 2 is 1.89 bits per heavy atom. The molecule has 0 amide bonds. The van der Waals surface area contributed by atoms with E-state index in [-0.39, 0.29) is 42.4 Å². The third-order valence-corrected chi connectivity index (χ3v) is 3.47. The summed E-state index contributed by atoms with van der Waals surface area (Å²) in [5, 5.41) is 0. The number of hydrogen-bond acceptors (Lipinski definition) is 5. The molecule has 0 saturated heterocycles. The monoisotopic (exact) mass is 268 g/mol. The molecule has 0 aromatic heterocycles. The Morgan fingerprint density at radius 3 is 2.53 bits per heavy atom. The van der Waals surface area contributed by atoms with Gasteiger partial charge in [-0.2, -0.15) is 0 Å². The third-order valence-electron chi connectivity index (χ3n) is 3.47. The maximum absolute atomic E-state index is 11.8. The number of Topliss-reactive ketones (excluding diaryl/α,β-unsaturated/α-hetero) is 1. The largest absolute Gasteiger partial charge is 0.469 e. The first kappa shape index (κ1) is 15.4. The zero-order chi connectivity index (χ0) is 14.3. The van der Waals surface area contributed by atoms with Gasteiger partial charge < -0.3 is 9.47 Å². The molecule has 19 heavy (non-hydrogen) atoms. The van der Waals surface area contributed by atoms with Crippen LogP contribution in [0.25, 0.3) is 0 Å². The van der Waals surface area contributed by atoms with Gasteiger partial charge in [-0.05, 0) is 18.8 Å². The minimum atomic E-state index is -0.305. The molecule has 0 radical (unpaired) electrons. The van der Waals surface area contributed by atoms with E-state index < -0.39 is 0 Å². The predicted octanol–water partition coefficient (Wildman–Crippen LogP) is 1.65. The third kappa shape index (κ3) is 4.85. The number of carbonyl (C=O) groups excluding carboxylic acids is 3. The summed E-state index contributed by atoms with van der Waals surface area (Å²) in [4.78, 5) is 33.9. The lowest BCUT2D eigenvalue weighted by atomic mass is 9.89. The molecule has 0 bridgehead atoms. The Morgan fingerprint density at radius 1 is 1.21 bits per heavy atom. The zero-order valence-corrected chi connectivity index (χ0v) is 11.4. The smallest absolute Gasteiger partial charge is 0.309 e. The summed E-state index contributed by atoms with van der Waals surface area (Å²) in [6.07, 6.45) is 5.84. The number of methoxy groups -OCH3 is 2. The van der Waals surface area contributed by atoms with Crippen LogP contribution >= 0.6 is 0 Å². The number of ketones is 1. The van der Waals surface area contributed by atoms with E-state index in [1.165, 1.54) is 14.2 Å². The topological polar surface area (TPSA) is 69.7 Å². The van der Waals surface area contributed by atoms with Crippen LogP contribution in [0.2, 0.25) is 0 Å². The summed E-state index contributed by atoms with van der Waals surface area (Å²) in [5.74, 6) is -0.462. The maximum Gasteiger partial charge on any atom is 0.309 e. The molecule has 0 spiro atoms. The van der Waals surface area contributed by atoms with Gasteiger partial charge in [0.1, 0.15) is 5.78 Å². The van der Waals surface area contributed by atoms with Crippen LogP contribution in [0.4, 0.5) is 0 Å². The Bertz CT molecular complexity index is 372. The van der Waals surface area contributed by atoms with Gasteiger partial charge in [0.15, 0.2) is 0 Å². The molecule has 1 saturated carbocycles. The number of rotatable bonds is 6. The summed E-state index contributed by atoms with van der Waals surface area (Å²) in [6, 6.07) is 0. The summed E-state index contributed by atoms with van der Waals surface area (Å²) in [7, 11) is 2.69. The van der Waals surface area contributed by atoms with Crippen LogP contribution in [0.15, 0.2) is 12.2 Å². The van der Waals surface area contributed by atoms with Gasteiger partial charge in [-0.3, -0.25) is 14.4 Å². The molecule has 0 aromatic carbocycles. The van der Waals surface area contributed by atoms with E-state index in [9.17, 15) is 14.4 Å². The quantitative estimate of drug-likeness (QED) is 0.541. The molecule has 1 rings (SSSR count). The highest BCUT2D eigenvalue weighted by molar-refractivity contribution is 5.84. The highest BCUT2D eigenvalue weighted by Crippen LogP contribution is 2.34. The van der Waals surface area contributed by atoms with Crippen molar-refractivity contribution in [3.05, 3.63) is 12.2 Å². The lowest BCUT2D eigenvalue weighted by Crippen LogP contribution is -2.18. The van der Waals surface area contributed by atoms with Gasteiger partial charge >= 0.3 is 11.9 Å². The van der Waals surface area contributed by atoms with Crippen LogP contribution in [-0.4, -0.2) is 31.9 Å². The van der Waals surface area contributed by atoms with Gasteiger partial charge in [-0.1, -0.05) is 12.2 Å². The second kappa shape index (κ2) is 7.71.